The number of rotatable bonds is 2. The van der Waals surface area contributed by atoms with Crippen LogP contribution in [0.1, 0.15) is 44.0 Å². The third kappa shape index (κ3) is 4.18. The van der Waals surface area contributed by atoms with E-state index in [1.54, 1.807) is 11.1 Å². The van der Waals surface area contributed by atoms with Crippen LogP contribution in [0.25, 0.3) is 0 Å². The summed E-state index contributed by atoms with van der Waals surface area (Å²) < 4.78 is 5.18. The predicted molar refractivity (Wildman–Crippen MR) is 99.0 cm³/mol. The normalized spacial score (nSPS) is 24.8. The van der Waals surface area contributed by atoms with Gasteiger partial charge in [0.1, 0.15) is 11.2 Å². The molecule has 1 saturated heterocycles. The van der Waals surface area contributed by atoms with Gasteiger partial charge in [-0.15, -0.1) is 0 Å². The zero-order valence-electron chi connectivity index (χ0n) is 14.5. The maximum absolute atomic E-state index is 12.3. The van der Waals surface area contributed by atoms with E-state index in [4.69, 9.17) is 4.74 Å². The molecule has 7 heteroatoms. The number of carbonyl (C=O) groups is 1. The molecule has 1 aliphatic rings. The summed E-state index contributed by atoms with van der Waals surface area (Å²) in [6.07, 6.45) is 1.69. The minimum absolute atomic E-state index is 0.225. The van der Waals surface area contributed by atoms with Crippen molar-refractivity contribution in [1.29, 1.82) is 0 Å². The number of ether oxygens (including phenoxy) is 1. The second-order valence-electron chi connectivity index (χ2n) is 7.23. The molecule has 134 valence electrons. The van der Waals surface area contributed by atoms with Crippen molar-refractivity contribution in [2.45, 2.75) is 55.8 Å². The van der Waals surface area contributed by atoms with Crippen molar-refractivity contribution in [3.8, 4) is 0 Å². The highest BCUT2D eigenvalue weighted by atomic mass is 127. The van der Waals surface area contributed by atoms with Crippen molar-refractivity contribution in [3.63, 3.8) is 0 Å². The lowest BCUT2D eigenvalue weighted by Gasteiger charge is -2.43. The molecule has 2 unspecified atom stereocenters. The number of likely N-dealkylation sites (tertiary alicyclic amines) is 1. The van der Waals surface area contributed by atoms with E-state index in [2.05, 4.69) is 27.6 Å². The fourth-order valence-electron chi connectivity index (χ4n) is 2.79. The highest BCUT2D eigenvalue weighted by Gasteiger charge is 2.44. The first-order chi connectivity index (χ1) is 11.1. The number of pyridine rings is 1. The highest BCUT2D eigenvalue weighted by molar-refractivity contribution is 14.1. The number of halogens is 1. The number of piperidine rings is 1. The maximum Gasteiger partial charge on any atom is 0.410 e. The van der Waals surface area contributed by atoms with Gasteiger partial charge in [-0.3, -0.25) is 4.98 Å². The Kier molecular flexibility index (Phi) is 5.76. The number of nitrogens with zero attached hydrogens (tertiary/aromatic N) is 2. The van der Waals surface area contributed by atoms with E-state index in [1.807, 2.05) is 33.8 Å². The number of hydrogen-bond donors (Lipinski definition) is 2. The zero-order valence-corrected chi connectivity index (χ0v) is 16.7. The first-order valence-electron chi connectivity index (χ1n) is 7.98. The first kappa shape index (κ1) is 19.4. The molecular weight excluding hydrogens is 423 g/mol. The van der Waals surface area contributed by atoms with E-state index in [0.717, 1.165) is 5.56 Å². The van der Waals surface area contributed by atoms with Crippen LogP contribution in [0.3, 0.4) is 0 Å². The molecule has 0 spiro atoms. The van der Waals surface area contributed by atoms with Crippen LogP contribution >= 0.6 is 22.6 Å². The van der Waals surface area contributed by atoms with Gasteiger partial charge in [-0.25, -0.2) is 4.79 Å². The van der Waals surface area contributed by atoms with Crippen LogP contribution in [0.2, 0.25) is 0 Å². The van der Waals surface area contributed by atoms with Crippen LogP contribution in [0.4, 0.5) is 4.79 Å². The standard InChI is InChI=1S/C17H25IN2O4/c1-11-7-12(13(10-21)19-8-11)17(23)5-6-20(9-14(17)18)15(22)24-16(2,3)4/h7-8,14,21,23H,5-6,9-10H2,1-4H3. The molecule has 0 saturated carbocycles. The Bertz CT molecular complexity index is 617. The second-order valence-corrected chi connectivity index (χ2v) is 8.74. The molecule has 1 aromatic rings. The van der Waals surface area contributed by atoms with E-state index in [0.29, 0.717) is 30.8 Å². The third-order valence-electron chi connectivity index (χ3n) is 4.04. The number of carbonyl (C=O) groups excluding carboxylic acids is 1. The topological polar surface area (TPSA) is 82.9 Å². The molecule has 2 atom stereocenters. The molecule has 1 amide bonds. The first-order valence-corrected chi connectivity index (χ1v) is 9.22. The van der Waals surface area contributed by atoms with E-state index < -0.39 is 11.2 Å². The summed E-state index contributed by atoms with van der Waals surface area (Å²) in [5, 5.41) is 20.8. The van der Waals surface area contributed by atoms with Crippen molar-refractivity contribution >= 4 is 28.7 Å². The number of aryl methyl sites for hydroxylation is 1. The predicted octanol–water partition coefficient (Wildman–Crippen LogP) is 2.51. The van der Waals surface area contributed by atoms with Gasteiger partial charge in [-0.2, -0.15) is 0 Å². The van der Waals surface area contributed by atoms with E-state index in [-0.39, 0.29) is 16.6 Å². The summed E-state index contributed by atoms with van der Waals surface area (Å²) in [5.41, 5.74) is 0.379. The SMILES string of the molecule is Cc1cnc(CO)c(C2(O)CCN(C(=O)OC(C)(C)C)CC2I)c1. The molecule has 6 nitrogen and oxygen atoms in total. The molecular formula is C17H25IN2O4. The number of amides is 1. The van der Waals surface area contributed by atoms with Crippen molar-refractivity contribution in [2.24, 2.45) is 0 Å². The highest BCUT2D eigenvalue weighted by Crippen LogP contribution is 2.39. The molecule has 24 heavy (non-hydrogen) atoms. The number of aliphatic hydroxyl groups is 2. The van der Waals surface area contributed by atoms with Gasteiger partial charge in [0.2, 0.25) is 0 Å². The Balaban J connectivity index is 2.21. The summed E-state index contributed by atoms with van der Waals surface area (Å²) >= 11 is 2.16. The van der Waals surface area contributed by atoms with Crippen LogP contribution in [0.5, 0.6) is 0 Å². The molecule has 0 radical (unpaired) electrons. The molecule has 1 aromatic heterocycles. The minimum atomic E-state index is -1.13. The van der Waals surface area contributed by atoms with Crippen LogP contribution < -0.4 is 0 Å². The van der Waals surface area contributed by atoms with Gasteiger partial charge in [0.05, 0.1) is 16.2 Å². The Morgan fingerprint density at radius 2 is 2.21 bits per heavy atom. The lowest BCUT2D eigenvalue weighted by Crippen LogP contribution is -2.53. The quantitative estimate of drug-likeness (QED) is 0.537. The monoisotopic (exact) mass is 448 g/mol. The lowest BCUT2D eigenvalue weighted by atomic mass is 9.83. The van der Waals surface area contributed by atoms with Crippen molar-refractivity contribution in [2.75, 3.05) is 13.1 Å². The van der Waals surface area contributed by atoms with Gasteiger partial charge in [0, 0.05) is 24.8 Å². The summed E-state index contributed by atoms with van der Waals surface area (Å²) in [6, 6.07) is 1.87. The molecule has 2 rings (SSSR count). The Morgan fingerprint density at radius 1 is 1.54 bits per heavy atom. The van der Waals surface area contributed by atoms with E-state index >= 15 is 0 Å². The molecule has 1 aliphatic heterocycles. The van der Waals surface area contributed by atoms with Crippen molar-refractivity contribution in [1.82, 2.24) is 9.88 Å². The second kappa shape index (κ2) is 7.13. The molecule has 1 fully saturated rings. The van der Waals surface area contributed by atoms with Crippen molar-refractivity contribution < 1.29 is 19.7 Å². The molecule has 0 aliphatic carbocycles. The van der Waals surface area contributed by atoms with Gasteiger partial charge in [0.15, 0.2) is 0 Å². The molecule has 0 bridgehead atoms. The van der Waals surface area contributed by atoms with Crippen LogP contribution in [-0.4, -0.2) is 48.8 Å². The van der Waals surface area contributed by atoms with Gasteiger partial charge in [-0.1, -0.05) is 22.6 Å². The Hall–Kier alpha value is -0.930. The van der Waals surface area contributed by atoms with Gasteiger partial charge in [-0.05, 0) is 45.7 Å². The largest absolute Gasteiger partial charge is 0.444 e. The molecule has 2 N–H and O–H groups in total. The average Bonchev–Trinajstić information content (AvgIpc) is 2.48. The number of alkyl halides is 1. The maximum atomic E-state index is 12.3. The van der Waals surface area contributed by atoms with Gasteiger partial charge >= 0.3 is 6.09 Å². The van der Waals surface area contributed by atoms with E-state index in [1.165, 1.54) is 0 Å². The number of aromatic nitrogens is 1. The van der Waals surface area contributed by atoms with Crippen LogP contribution in [0, 0.1) is 6.92 Å². The molecule has 0 aromatic carbocycles. The summed E-state index contributed by atoms with van der Waals surface area (Å²) in [6.45, 7) is 7.95. The number of aliphatic hydroxyl groups excluding tert-OH is 1. The Labute approximate surface area is 156 Å². The summed E-state index contributed by atoms with van der Waals surface area (Å²) in [5.74, 6) is 0. The van der Waals surface area contributed by atoms with Crippen LogP contribution in [-0.2, 0) is 16.9 Å². The summed E-state index contributed by atoms with van der Waals surface area (Å²) in [7, 11) is 0. The summed E-state index contributed by atoms with van der Waals surface area (Å²) in [4.78, 5) is 18.1. The van der Waals surface area contributed by atoms with E-state index in [9.17, 15) is 15.0 Å². The lowest BCUT2D eigenvalue weighted by molar-refractivity contribution is -0.0281. The van der Waals surface area contributed by atoms with Gasteiger partial charge in [0.25, 0.3) is 0 Å². The smallest absolute Gasteiger partial charge is 0.410 e. The zero-order chi connectivity index (χ0) is 18.1. The van der Waals surface area contributed by atoms with Gasteiger partial charge < -0.3 is 19.8 Å². The molecule has 2 heterocycles. The van der Waals surface area contributed by atoms with Crippen LogP contribution in [0.15, 0.2) is 12.3 Å². The Morgan fingerprint density at radius 3 is 2.75 bits per heavy atom. The third-order valence-corrected chi connectivity index (χ3v) is 5.46. The number of hydrogen-bond acceptors (Lipinski definition) is 5. The minimum Gasteiger partial charge on any atom is -0.444 e. The van der Waals surface area contributed by atoms with Crippen molar-refractivity contribution in [3.05, 3.63) is 29.1 Å². The fourth-order valence-corrected chi connectivity index (χ4v) is 3.91. The average molecular weight is 448 g/mol. The fraction of sp³-hybridized carbons (Fsp3) is 0.647.